The molecule has 1 heterocycles. The van der Waals surface area contributed by atoms with Crippen LogP contribution in [0, 0.1) is 0 Å². The molecular formula is C15H21N3. The maximum Gasteiger partial charge on any atom is 0.0662 e. The molecule has 0 fully saturated rings. The minimum atomic E-state index is 0.857. The van der Waals surface area contributed by atoms with E-state index in [2.05, 4.69) is 53.2 Å². The average molecular weight is 243 g/mol. The van der Waals surface area contributed by atoms with Gasteiger partial charge in [-0.2, -0.15) is 5.10 Å². The van der Waals surface area contributed by atoms with E-state index in [4.69, 9.17) is 0 Å². The normalized spacial score (nSPS) is 10.8. The van der Waals surface area contributed by atoms with Crippen molar-refractivity contribution in [2.75, 3.05) is 6.54 Å². The van der Waals surface area contributed by atoms with Crippen LogP contribution in [0.4, 0.5) is 0 Å². The number of hydrogen-bond acceptors (Lipinski definition) is 2. The lowest BCUT2D eigenvalue weighted by atomic mass is 10.2. The lowest BCUT2D eigenvalue weighted by molar-refractivity contribution is 0.642. The lowest BCUT2D eigenvalue weighted by Crippen LogP contribution is -2.13. The Hall–Kier alpha value is -1.61. The van der Waals surface area contributed by atoms with E-state index in [9.17, 15) is 0 Å². The van der Waals surface area contributed by atoms with Gasteiger partial charge in [0.1, 0.15) is 0 Å². The monoisotopic (exact) mass is 243 g/mol. The fourth-order valence-corrected chi connectivity index (χ4v) is 2.16. The van der Waals surface area contributed by atoms with E-state index in [0.717, 1.165) is 26.1 Å². The van der Waals surface area contributed by atoms with Gasteiger partial charge in [-0.05, 0) is 18.5 Å². The Labute approximate surface area is 109 Å². The molecule has 0 bridgehead atoms. The van der Waals surface area contributed by atoms with Gasteiger partial charge in [-0.1, -0.05) is 44.2 Å². The van der Waals surface area contributed by atoms with Gasteiger partial charge in [0, 0.05) is 17.8 Å². The number of hydrogen-bond donors (Lipinski definition) is 1. The van der Waals surface area contributed by atoms with Crippen molar-refractivity contribution in [2.45, 2.75) is 33.4 Å². The van der Waals surface area contributed by atoms with Crippen molar-refractivity contribution >= 4 is 0 Å². The second-order valence-corrected chi connectivity index (χ2v) is 4.39. The quantitative estimate of drug-likeness (QED) is 0.845. The molecule has 3 nitrogen and oxygen atoms in total. The molecule has 0 unspecified atom stereocenters. The third kappa shape index (κ3) is 2.99. The van der Waals surface area contributed by atoms with Gasteiger partial charge < -0.3 is 5.32 Å². The van der Waals surface area contributed by atoms with Crippen molar-refractivity contribution in [3.63, 3.8) is 0 Å². The lowest BCUT2D eigenvalue weighted by Gasteiger charge is -2.08. The van der Waals surface area contributed by atoms with Crippen LogP contribution >= 0.6 is 0 Å². The molecule has 0 aliphatic heterocycles. The number of nitrogens with one attached hydrogen (secondary N) is 1. The Morgan fingerprint density at radius 1 is 1.17 bits per heavy atom. The first-order valence-corrected chi connectivity index (χ1v) is 6.63. The van der Waals surface area contributed by atoms with E-state index in [1.54, 1.807) is 0 Å². The Bertz CT molecular complexity index is 474. The van der Waals surface area contributed by atoms with Crippen molar-refractivity contribution in [3.8, 4) is 0 Å². The minimum Gasteiger partial charge on any atom is -0.313 e. The predicted molar refractivity (Wildman–Crippen MR) is 74.5 cm³/mol. The third-order valence-corrected chi connectivity index (χ3v) is 3.11. The molecule has 1 N–H and O–H groups in total. The molecule has 2 rings (SSSR count). The number of aromatic nitrogens is 2. The van der Waals surface area contributed by atoms with Gasteiger partial charge in [0.15, 0.2) is 0 Å². The molecule has 0 saturated carbocycles. The number of rotatable bonds is 6. The summed E-state index contributed by atoms with van der Waals surface area (Å²) in [5.74, 6) is 0. The first kappa shape index (κ1) is 12.8. The van der Waals surface area contributed by atoms with Crippen molar-refractivity contribution in [3.05, 3.63) is 53.3 Å². The van der Waals surface area contributed by atoms with Gasteiger partial charge in [0.25, 0.3) is 0 Å². The van der Waals surface area contributed by atoms with Gasteiger partial charge in [0.05, 0.1) is 12.7 Å². The molecule has 0 saturated heterocycles. The number of benzene rings is 1. The highest BCUT2D eigenvalue weighted by Crippen LogP contribution is 2.12. The summed E-state index contributed by atoms with van der Waals surface area (Å²) in [6.45, 7) is 7.07. The van der Waals surface area contributed by atoms with Crippen molar-refractivity contribution in [1.82, 2.24) is 15.1 Å². The van der Waals surface area contributed by atoms with Crippen LogP contribution in [0.2, 0.25) is 0 Å². The molecule has 1 aromatic carbocycles. The van der Waals surface area contributed by atoms with Crippen molar-refractivity contribution in [1.29, 1.82) is 0 Å². The molecule has 1 aromatic heterocycles. The summed E-state index contributed by atoms with van der Waals surface area (Å²) in [5.41, 5.74) is 3.94. The van der Waals surface area contributed by atoms with E-state index in [1.807, 2.05) is 12.3 Å². The fourth-order valence-electron chi connectivity index (χ4n) is 2.16. The van der Waals surface area contributed by atoms with Crippen LogP contribution in [0.3, 0.4) is 0 Å². The Balaban J connectivity index is 2.15. The molecule has 3 heteroatoms. The van der Waals surface area contributed by atoms with Gasteiger partial charge in [-0.3, -0.25) is 4.68 Å². The Morgan fingerprint density at radius 3 is 2.61 bits per heavy atom. The molecule has 0 aliphatic rings. The second-order valence-electron chi connectivity index (χ2n) is 4.39. The van der Waals surface area contributed by atoms with E-state index in [-0.39, 0.29) is 0 Å². The fraction of sp³-hybridized carbons (Fsp3) is 0.400. The van der Waals surface area contributed by atoms with Crippen LogP contribution in [0.15, 0.2) is 36.5 Å². The summed E-state index contributed by atoms with van der Waals surface area (Å²) >= 11 is 0. The smallest absolute Gasteiger partial charge is 0.0662 e. The molecule has 0 amide bonds. The van der Waals surface area contributed by atoms with Crippen molar-refractivity contribution < 1.29 is 0 Å². The second kappa shape index (κ2) is 6.36. The van der Waals surface area contributed by atoms with E-state index in [1.165, 1.54) is 16.8 Å². The molecular weight excluding hydrogens is 222 g/mol. The van der Waals surface area contributed by atoms with Crippen molar-refractivity contribution in [2.24, 2.45) is 0 Å². The van der Waals surface area contributed by atoms with Gasteiger partial charge >= 0.3 is 0 Å². The number of nitrogens with zero attached hydrogens (tertiary/aromatic N) is 2. The molecule has 2 aromatic rings. The van der Waals surface area contributed by atoms with Crippen LogP contribution in [0.25, 0.3) is 0 Å². The van der Waals surface area contributed by atoms with Gasteiger partial charge in [-0.25, -0.2) is 0 Å². The molecule has 0 radical (unpaired) electrons. The first-order chi connectivity index (χ1) is 8.85. The molecule has 18 heavy (non-hydrogen) atoms. The summed E-state index contributed by atoms with van der Waals surface area (Å²) in [5, 5.41) is 7.87. The summed E-state index contributed by atoms with van der Waals surface area (Å²) in [7, 11) is 0. The van der Waals surface area contributed by atoms with Gasteiger partial charge in [-0.15, -0.1) is 0 Å². The molecule has 0 aliphatic carbocycles. The SMILES string of the molecule is CCNCc1cnn(Cc2ccccc2)c1CC. The van der Waals surface area contributed by atoms with Crippen LogP contribution in [0.1, 0.15) is 30.7 Å². The predicted octanol–water partition coefficient (Wildman–Crippen LogP) is 2.60. The largest absolute Gasteiger partial charge is 0.313 e. The zero-order chi connectivity index (χ0) is 12.8. The summed E-state index contributed by atoms with van der Waals surface area (Å²) in [4.78, 5) is 0. The molecule has 0 atom stereocenters. The topological polar surface area (TPSA) is 29.9 Å². The van der Waals surface area contributed by atoms with Gasteiger partial charge in [0.2, 0.25) is 0 Å². The maximum atomic E-state index is 4.51. The minimum absolute atomic E-state index is 0.857. The third-order valence-electron chi connectivity index (χ3n) is 3.11. The zero-order valence-electron chi connectivity index (χ0n) is 11.2. The first-order valence-electron chi connectivity index (χ1n) is 6.63. The van der Waals surface area contributed by atoms with E-state index >= 15 is 0 Å². The standard InChI is InChI=1S/C15H21N3/c1-3-15-14(10-16-4-2)11-17-18(15)12-13-8-6-5-7-9-13/h5-9,11,16H,3-4,10,12H2,1-2H3. The Kier molecular flexibility index (Phi) is 4.53. The summed E-state index contributed by atoms with van der Waals surface area (Å²) in [6, 6.07) is 10.5. The Morgan fingerprint density at radius 2 is 1.94 bits per heavy atom. The highest BCUT2D eigenvalue weighted by molar-refractivity contribution is 5.21. The average Bonchev–Trinajstić information content (AvgIpc) is 2.79. The summed E-state index contributed by atoms with van der Waals surface area (Å²) < 4.78 is 2.11. The van der Waals surface area contributed by atoms with Crippen LogP contribution in [-0.2, 0) is 19.5 Å². The van der Waals surface area contributed by atoms with Crippen LogP contribution < -0.4 is 5.32 Å². The van der Waals surface area contributed by atoms with Crippen LogP contribution in [-0.4, -0.2) is 16.3 Å². The highest BCUT2D eigenvalue weighted by atomic mass is 15.3. The van der Waals surface area contributed by atoms with E-state index < -0.39 is 0 Å². The molecule has 96 valence electrons. The van der Waals surface area contributed by atoms with Crippen LogP contribution in [0.5, 0.6) is 0 Å². The highest BCUT2D eigenvalue weighted by Gasteiger charge is 2.08. The summed E-state index contributed by atoms with van der Waals surface area (Å²) in [6.07, 6.45) is 3.01. The zero-order valence-corrected chi connectivity index (χ0v) is 11.2. The van der Waals surface area contributed by atoms with E-state index in [0.29, 0.717) is 0 Å². The molecule has 0 spiro atoms. The maximum absolute atomic E-state index is 4.51.